The summed E-state index contributed by atoms with van der Waals surface area (Å²) >= 11 is 0. The topological polar surface area (TPSA) is 75.3 Å². The Morgan fingerprint density at radius 2 is 1.95 bits per heavy atom. The maximum atomic E-state index is 11.9. The number of carbonyl (C=O) groups is 1. The number of amides is 1. The summed E-state index contributed by atoms with van der Waals surface area (Å²) in [6, 6.07) is -0.539. The molecule has 1 unspecified atom stereocenters. The van der Waals surface area contributed by atoms with Gasteiger partial charge in [-0.05, 0) is 37.0 Å². The quantitative estimate of drug-likeness (QED) is 0.729. The van der Waals surface area contributed by atoms with Crippen LogP contribution in [0.1, 0.15) is 59.8 Å². The van der Waals surface area contributed by atoms with Crippen molar-refractivity contribution in [3.05, 3.63) is 0 Å². The van der Waals surface area contributed by atoms with Gasteiger partial charge in [-0.1, -0.05) is 34.1 Å². The fourth-order valence-electron chi connectivity index (χ4n) is 2.55. The highest BCUT2D eigenvalue weighted by Gasteiger charge is 2.34. The Morgan fingerprint density at radius 3 is 2.37 bits per heavy atom. The van der Waals surface area contributed by atoms with Gasteiger partial charge in [-0.15, -0.1) is 0 Å². The lowest BCUT2D eigenvalue weighted by Crippen LogP contribution is -2.53. The second kappa shape index (κ2) is 6.23. The van der Waals surface area contributed by atoms with E-state index in [1.54, 1.807) is 0 Å². The van der Waals surface area contributed by atoms with Crippen LogP contribution in [0.15, 0.2) is 0 Å². The zero-order valence-electron chi connectivity index (χ0n) is 12.8. The zero-order chi connectivity index (χ0) is 14.7. The summed E-state index contributed by atoms with van der Waals surface area (Å²) in [7, 11) is 0. The summed E-state index contributed by atoms with van der Waals surface area (Å²) < 4.78 is 0. The molecule has 0 aromatic carbocycles. The molecule has 4 N–H and O–H groups in total. The highest BCUT2D eigenvalue weighted by Crippen LogP contribution is 2.33. The lowest BCUT2D eigenvalue weighted by Gasteiger charge is -2.36. The van der Waals surface area contributed by atoms with Crippen LogP contribution in [0.2, 0.25) is 0 Å². The van der Waals surface area contributed by atoms with E-state index < -0.39 is 11.6 Å². The van der Waals surface area contributed by atoms with Gasteiger partial charge in [0.1, 0.15) is 0 Å². The van der Waals surface area contributed by atoms with Crippen molar-refractivity contribution in [2.45, 2.75) is 71.4 Å². The van der Waals surface area contributed by atoms with E-state index in [9.17, 15) is 9.90 Å². The summed E-state index contributed by atoms with van der Waals surface area (Å²) in [5, 5.41) is 13.3. The average molecular weight is 270 g/mol. The molecule has 0 aliphatic heterocycles. The van der Waals surface area contributed by atoms with E-state index in [1.165, 1.54) is 6.42 Å². The van der Waals surface area contributed by atoms with Crippen LogP contribution in [0.25, 0.3) is 0 Å². The first-order valence-corrected chi connectivity index (χ1v) is 7.43. The Morgan fingerprint density at radius 1 is 1.42 bits per heavy atom. The van der Waals surface area contributed by atoms with Gasteiger partial charge in [-0.25, -0.2) is 0 Å². The molecule has 1 aliphatic rings. The summed E-state index contributed by atoms with van der Waals surface area (Å²) in [4.78, 5) is 11.9. The van der Waals surface area contributed by atoms with E-state index >= 15 is 0 Å². The Hall–Kier alpha value is -0.610. The van der Waals surface area contributed by atoms with Gasteiger partial charge in [-0.3, -0.25) is 4.79 Å². The summed E-state index contributed by atoms with van der Waals surface area (Å²) in [5.74, 6) is 0.561. The van der Waals surface area contributed by atoms with Gasteiger partial charge in [0.2, 0.25) is 5.91 Å². The van der Waals surface area contributed by atoms with E-state index in [0.29, 0.717) is 6.54 Å². The van der Waals surface area contributed by atoms with E-state index in [4.69, 9.17) is 5.73 Å². The minimum Gasteiger partial charge on any atom is -0.388 e. The minimum atomic E-state index is -0.737. The smallest absolute Gasteiger partial charge is 0.237 e. The molecule has 1 fully saturated rings. The Kier molecular flexibility index (Phi) is 5.39. The third-order valence-electron chi connectivity index (χ3n) is 4.42. The van der Waals surface area contributed by atoms with Crippen molar-refractivity contribution in [3.8, 4) is 0 Å². The molecule has 4 nitrogen and oxygen atoms in total. The first kappa shape index (κ1) is 16.4. The minimum absolute atomic E-state index is 0.168. The molecule has 0 aromatic rings. The van der Waals surface area contributed by atoms with Gasteiger partial charge in [0, 0.05) is 6.54 Å². The molecule has 0 spiro atoms. The number of aliphatic hydroxyl groups is 1. The molecule has 1 atom stereocenters. The SMILES string of the molecule is CCC1CCC(O)(CNC(=O)C(N)C(C)(C)C)CC1. The zero-order valence-corrected chi connectivity index (χ0v) is 12.8. The fourth-order valence-corrected chi connectivity index (χ4v) is 2.55. The molecule has 1 rings (SSSR count). The van der Waals surface area contributed by atoms with Gasteiger partial charge < -0.3 is 16.2 Å². The number of nitrogens with one attached hydrogen (secondary N) is 1. The number of hydrogen-bond acceptors (Lipinski definition) is 3. The maximum Gasteiger partial charge on any atom is 0.237 e. The molecule has 0 heterocycles. The van der Waals surface area contributed by atoms with Crippen LogP contribution in [0.3, 0.4) is 0 Å². The van der Waals surface area contributed by atoms with Crippen LogP contribution in [-0.2, 0) is 4.79 Å². The van der Waals surface area contributed by atoms with Crippen molar-refractivity contribution < 1.29 is 9.90 Å². The highest BCUT2D eigenvalue weighted by molar-refractivity contribution is 5.82. The van der Waals surface area contributed by atoms with Gasteiger partial charge >= 0.3 is 0 Å². The van der Waals surface area contributed by atoms with Crippen molar-refractivity contribution >= 4 is 5.91 Å². The molecule has 1 amide bonds. The molecule has 4 heteroatoms. The average Bonchev–Trinajstić information content (AvgIpc) is 2.35. The van der Waals surface area contributed by atoms with Crippen LogP contribution in [-0.4, -0.2) is 29.2 Å². The lowest BCUT2D eigenvalue weighted by molar-refractivity contribution is -0.126. The van der Waals surface area contributed by atoms with Gasteiger partial charge in [0.25, 0.3) is 0 Å². The monoisotopic (exact) mass is 270 g/mol. The third kappa shape index (κ3) is 4.77. The number of rotatable bonds is 4. The van der Waals surface area contributed by atoms with Crippen LogP contribution in [0.4, 0.5) is 0 Å². The van der Waals surface area contributed by atoms with E-state index in [0.717, 1.165) is 31.6 Å². The van der Waals surface area contributed by atoms with E-state index in [2.05, 4.69) is 12.2 Å². The molecule has 0 saturated heterocycles. The normalized spacial score (nSPS) is 29.9. The number of nitrogens with two attached hydrogens (primary N) is 1. The molecular formula is C15H30N2O2. The Balaban J connectivity index is 2.42. The van der Waals surface area contributed by atoms with Crippen LogP contribution in [0.5, 0.6) is 0 Å². The molecule has 19 heavy (non-hydrogen) atoms. The summed E-state index contributed by atoms with van der Waals surface area (Å²) in [6.45, 7) is 8.35. The van der Waals surface area contributed by atoms with Crippen molar-refractivity contribution in [2.24, 2.45) is 17.1 Å². The molecule has 1 aliphatic carbocycles. The van der Waals surface area contributed by atoms with Crippen molar-refractivity contribution in [1.82, 2.24) is 5.32 Å². The second-order valence-electron chi connectivity index (χ2n) is 7.14. The first-order chi connectivity index (χ1) is 8.68. The predicted octanol–water partition coefficient (Wildman–Crippen LogP) is 1.81. The van der Waals surface area contributed by atoms with Crippen molar-refractivity contribution in [2.75, 3.05) is 6.54 Å². The van der Waals surface area contributed by atoms with Crippen molar-refractivity contribution in [3.63, 3.8) is 0 Å². The molecular weight excluding hydrogens is 240 g/mol. The predicted molar refractivity (Wildman–Crippen MR) is 77.6 cm³/mol. The Bertz CT molecular complexity index is 302. The first-order valence-electron chi connectivity index (χ1n) is 7.43. The summed E-state index contributed by atoms with van der Waals surface area (Å²) in [6.07, 6.45) is 4.83. The molecule has 1 saturated carbocycles. The molecule has 112 valence electrons. The maximum absolute atomic E-state index is 11.9. The molecule has 0 bridgehead atoms. The largest absolute Gasteiger partial charge is 0.388 e. The van der Waals surface area contributed by atoms with Crippen LogP contribution >= 0.6 is 0 Å². The van der Waals surface area contributed by atoms with E-state index in [1.807, 2.05) is 20.8 Å². The fraction of sp³-hybridized carbons (Fsp3) is 0.933. The molecule has 0 aromatic heterocycles. The van der Waals surface area contributed by atoms with Gasteiger partial charge in [0.05, 0.1) is 11.6 Å². The van der Waals surface area contributed by atoms with E-state index in [-0.39, 0.29) is 11.3 Å². The Labute approximate surface area is 117 Å². The lowest BCUT2D eigenvalue weighted by atomic mass is 9.77. The molecule has 0 radical (unpaired) electrons. The third-order valence-corrected chi connectivity index (χ3v) is 4.42. The van der Waals surface area contributed by atoms with Gasteiger partial charge in [-0.2, -0.15) is 0 Å². The standard InChI is InChI=1S/C15H30N2O2/c1-5-11-6-8-15(19,9-7-11)10-17-13(18)12(16)14(2,3)4/h11-12,19H,5-10,16H2,1-4H3,(H,17,18). The second-order valence-corrected chi connectivity index (χ2v) is 7.14. The van der Waals surface area contributed by atoms with Crippen LogP contribution in [0, 0.1) is 11.3 Å². The van der Waals surface area contributed by atoms with Crippen molar-refractivity contribution in [1.29, 1.82) is 0 Å². The number of hydrogen-bond donors (Lipinski definition) is 3. The number of carbonyl (C=O) groups excluding carboxylic acids is 1. The van der Waals surface area contributed by atoms with Gasteiger partial charge in [0.15, 0.2) is 0 Å². The summed E-state index contributed by atoms with van der Waals surface area (Å²) in [5.41, 5.74) is 4.91. The van der Waals surface area contributed by atoms with Crippen LogP contribution < -0.4 is 11.1 Å². The highest BCUT2D eigenvalue weighted by atomic mass is 16.3.